The molecule has 1 unspecified atom stereocenters. The molecule has 0 bridgehead atoms. The van der Waals surface area contributed by atoms with Crippen molar-refractivity contribution in [1.29, 1.82) is 0 Å². The van der Waals surface area contributed by atoms with Gasteiger partial charge in [0.2, 0.25) is 0 Å². The third kappa shape index (κ3) is 4.91. The van der Waals surface area contributed by atoms with E-state index in [9.17, 15) is 4.79 Å². The average Bonchev–Trinajstić information content (AvgIpc) is 3.11. The summed E-state index contributed by atoms with van der Waals surface area (Å²) in [6, 6.07) is 0.333. The van der Waals surface area contributed by atoms with Gasteiger partial charge in [-0.3, -0.25) is 4.79 Å². The van der Waals surface area contributed by atoms with Crippen LogP contribution < -0.4 is 20.7 Å². The summed E-state index contributed by atoms with van der Waals surface area (Å²) in [5.41, 5.74) is 6.81. The Kier molecular flexibility index (Phi) is 6.69. The van der Waals surface area contributed by atoms with Crippen LogP contribution in [0, 0.1) is 0 Å². The van der Waals surface area contributed by atoms with Crippen molar-refractivity contribution in [1.82, 2.24) is 14.9 Å². The number of carbonyl (C=O) groups excluding carboxylic acids is 1. The van der Waals surface area contributed by atoms with Crippen molar-refractivity contribution in [3.63, 3.8) is 0 Å². The zero-order chi connectivity index (χ0) is 20.1. The molecule has 2 aliphatic heterocycles. The maximum atomic E-state index is 11.6. The summed E-state index contributed by atoms with van der Waals surface area (Å²) in [6.07, 6.45) is 12.5. The summed E-state index contributed by atoms with van der Waals surface area (Å²) in [5.74, 6) is 1.04. The summed E-state index contributed by atoms with van der Waals surface area (Å²) < 4.78 is 6.03. The Balaban J connectivity index is 1.38. The van der Waals surface area contributed by atoms with Gasteiger partial charge in [-0.25, -0.2) is 0 Å². The lowest BCUT2D eigenvalue weighted by Gasteiger charge is -2.27. The minimum atomic E-state index is -0.443. The highest BCUT2D eigenvalue weighted by molar-refractivity contribution is 5.87. The Labute approximate surface area is 173 Å². The van der Waals surface area contributed by atoms with Crippen molar-refractivity contribution >= 4 is 23.6 Å². The standard InChI is InChI=1S/C21H34N6O2/c22-19-18-20(25-21(24-19)29-16-9-3-1-4-10-16)27(17(15-28)23-18)14-8-7-13-26-11-5-2-6-12-26/h15-17,23H,1-14H2,(H2,22,24,25). The van der Waals surface area contributed by atoms with Crippen LogP contribution in [0.25, 0.3) is 0 Å². The van der Waals surface area contributed by atoms with Gasteiger partial charge in [0.15, 0.2) is 24.1 Å². The molecular weight excluding hydrogens is 368 g/mol. The maximum absolute atomic E-state index is 11.6. The number of hydrogen-bond donors (Lipinski definition) is 2. The summed E-state index contributed by atoms with van der Waals surface area (Å²) >= 11 is 0. The number of ether oxygens (including phenoxy) is 1. The number of anilines is 3. The van der Waals surface area contributed by atoms with Crippen molar-refractivity contribution in [2.75, 3.05) is 42.1 Å². The fourth-order valence-corrected chi connectivity index (χ4v) is 4.69. The molecule has 8 heteroatoms. The number of likely N-dealkylation sites (tertiary alicyclic amines) is 1. The topological polar surface area (TPSA) is 96.6 Å². The van der Waals surface area contributed by atoms with Crippen molar-refractivity contribution in [3.05, 3.63) is 0 Å². The zero-order valence-corrected chi connectivity index (χ0v) is 17.3. The minimum Gasteiger partial charge on any atom is -0.460 e. The molecule has 0 aromatic carbocycles. The summed E-state index contributed by atoms with van der Waals surface area (Å²) in [4.78, 5) is 25.2. The van der Waals surface area contributed by atoms with Crippen LogP contribution in [0.15, 0.2) is 0 Å². The third-order valence-corrected chi connectivity index (χ3v) is 6.32. The van der Waals surface area contributed by atoms with Crippen LogP contribution in [0.2, 0.25) is 0 Å². The number of fused-ring (bicyclic) bond motifs is 1. The van der Waals surface area contributed by atoms with E-state index in [-0.39, 0.29) is 6.10 Å². The number of nitrogens with one attached hydrogen (secondary N) is 1. The van der Waals surface area contributed by atoms with E-state index >= 15 is 0 Å². The van der Waals surface area contributed by atoms with E-state index < -0.39 is 6.17 Å². The Morgan fingerprint density at radius 2 is 1.76 bits per heavy atom. The van der Waals surface area contributed by atoms with Gasteiger partial charge >= 0.3 is 6.01 Å². The maximum Gasteiger partial charge on any atom is 0.320 e. The molecule has 3 N–H and O–H groups in total. The summed E-state index contributed by atoms with van der Waals surface area (Å²) in [5, 5.41) is 3.17. The summed E-state index contributed by atoms with van der Waals surface area (Å²) in [6.45, 7) is 4.33. The van der Waals surface area contributed by atoms with Crippen LogP contribution >= 0.6 is 0 Å². The molecule has 0 radical (unpaired) electrons. The molecule has 1 aromatic rings. The molecule has 1 aromatic heterocycles. The second kappa shape index (κ2) is 9.61. The monoisotopic (exact) mass is 402 g/mol. The van der Waals surface area contributed by atoms with Crippen LogP contribution in [0.4, 0.5) is 17.3 Å². The van der Waals surface area contributed by atoms with Gasteiger partial charge in [0.05, 0.1) is 0 Å². The van der Waals surface area contributed by atoms with Crippen LogP contribution in [0.5, 0.6) is 6.01 Å². The van der Waals surface area contributed by atoms with E-state index in [1.165, 1.54) is 51.6 Å². The van der Waals surface area contributed by atoms with E-state index in [0.29, 0.717) is 23.3 Å². The Morgan fingerprint density at radius 1 is 1.03 bits per heavy atom. The number of nitrogens with two attached hydrogens (primary N) is 1. The van der Waals surface area contributed by atoms with Gasteiger partial charge in [-0.2, -0.15) is 9.97 Å². The predicted molar refractivity (Wildman–Crippen MR) is 114 cm³/mol. The van der Waals surface area contributed by atoms with E-state index in [2.05, 4.69) is 20.2 Å². The number of piperidine rings is 1. The second-order valence-electron chi connectivity index (χ2n) is 8.50. The Bertz CT molecular complexity index is 688. The molecule has 1 aliphatic carbocycles. The number of nitrogens with zero attached hydrogens (tertiary/aromatic N) is 4. The fourth-order valence-electron chi connectivity index (χ4n) is 4.69. The Morgan fingerprint density at radius 3 is 2.52 bits per heavy atom. The number of aldehydes is 1. The second-order valence-corrected chi connectivity index (χ2v) is 8.50. The molecular formula is C21H34N6O2. The van der Waals surface area contributed by atoms with Gasteiger partial charge in [0.1, 0.15) is 11.8 Å². The quantitative estimate of drug-likeness (QED) is 0.506. The first-order valence-corrected chi connectivity index (χ1v) is 11.3. The van der Waals surface area contributed by atoms with Gasteiger partial charge in [0, 0.05) is 6.54 Å². The van der Waals surface area contributed by atoms with Gasteiger partial charge in [-0.15, -0.1) is 0 Å². The third-order valence-electron chi connectivity index (χ3n) is 6.32. The minimum absolute atomic E-state index is 0.162. The van der Waals surface area contributed by atoms with Gasteiger partial charge in [0.25, 0.3) is 0 Å². The largest absolute Gasteiger partial charge is 0.460 e. The van der Waals surface area contributed by atoms with Gasteiger partial charge in [-0.05, 0) is 71.0 Å². The normalized spacial score (nSPS) is 22.9. The SMILES string of the molecule is Nc1nc(OC2CCCCC2)nc2c1NC(C=O)N2CCCCN1CCCCC1. The van der Waals surface area contributed by atoms with E-state index in [1.54, 1.807) is 0 Å². The smallest absolute Gasteiger partial charge is 0.320 e. The molecule has 1 saturated carbocycles. The van der Waals surface area contributed by atoms with Crippen LogP contribution in [-0.2, 0) is 4.79 Å². The van der Waals surface area contributed by atoms with Gasteiger partial charge in [-0.1, -0.05) is 12.8 Å². The zero-order valence-electron chi connectivity index (χ0n) is 17.3. The molecule has 0 spiro atoms. The number of nitrogen functional groups attached to an aromatic ring is 1. The lowest BCUT2D eigenvalue weighted by Crippen LogP contribution is -2.38. The molecule has 3 heterocycles. The molecule has 1 saturated heterocycles. The highest BCUT2D eigenvalue weighted by Crippen LogP contribution is 2.38. The average molecular weight is 403 g/mol. The highest BCUT2D eigenvalue weighted by atomic mass is 16.5. The predicted octanol–water partition coefficient (Wildman–Crippen LogP) is 2.79. The number of rotatable bonds is 8. The lowest BCUT2D eigenvalue weighted by atomic mass is 9.98. The molecule has 160 valence electrons. The van der Waals surface area contributed by atoms with E-state index in [1.807, 2.05) is 4.90 Å². The lowest BCUT2D eigenvalue weighted by molar-refractivity contribution is -0.108. The number of aromatic nitrogens is 2. The van der Waals surface area contributed by atoms with Crippen molar-refractivity contribution in [2.45, 2.75) is 76.5 Å². The molecule has 1 atom stereocenters. The molecule has 3 aliphatic rings. The molecule has 8 nitrogen and oxygen atoms in total. The van der Waals surface area contributed by atoms with Crippen molar-refractivity contribution < 1.29 is 9.53 Å². The number of hydrogen-bond acceptors (Lipinski definition) is 8. The first-order valence-electron chi connectivity index (χ1n) is 11.3. The number of carbonyl (C=O) groups is 1. The first kappa shape index (κ1) is 20.2. The Hall–Kier alpha value is -2.09. The molecule has 29 heavy (non-hydrogen) atoms. The fraction of sp³-hybridized carbons (Fsp3) is 0.762. The first-order chi connectivity index (χ1) is 14.2. The number of unbranched alkanes of at least 4 members (excludes halogenated alkanes) is 1. The van der Waals surface area contributed by atoms with Gasteiger partial charge < -0.3 is 25.6 Å². The molecule has 0 amide bonds. The molecule has 2 fully saturated rings. The van der Waals surface area contributed by atoms with Crippen molar-refractivity contribution in [3.8, 4) is 6.01 Å². The molecule has 4 rings (SSSR count). The van der Waals surface area contributed by atoms with E-state index in [0.717, 1.165) is 45.1 Å². The van der Waals surface area contributed by atoms with E-state index in [4.69, 9.17) is 10.5 Å². The van der Waals surface area contributed by atoms with Crippen molar-refractivity contribution in [2.24, 2.45) is 0 Å². The highest BCUT2D eigenvalue weighted by Gasteiger charge is 2.33. The van der Waals surface area contributed by atoms with Crippen LogP contribution in [0.1, 0.15) is 64.2 Å². The van der Waals surface area contributed by atoms with Crippen LogP contribution in [0.3, 0.4) is 0 Å². The summed E-state index contributed by atoms with van der Waals surface area (Å²) in [7, 11) is 0. The van der Waals surface area contributed by atoms with Crippen LogP contribution in [-0.4, -0.2) is 59.6 Å².